The molecule has 1 N–H and O–H groups in total. The Labute approximate surface area is 241 Å². The fraction of sp³-hybridized carbons (Fsp3) is 0.867. The molecule has 230 valence electrons. The maximum absolute atomic E-state index is 12.2. The number of rotatable bonds is 20. The molecule has 39 heavy (non-hydrogen) atoms. The Morgan fingerprint density at radius 3 is 1.69 bits per heavy atom. The van der Waals surface area contributed by atoms with Crippen LogP contribution in [0.25, 0.3) is 0 Å². The lowest BCUT2D eigenvalue weighted by Gasteiger charge is -2.32. The van der Waals surface area contributed by atoms with Crippen molar-refractivity contribution >= 4 is 28.6 Å². The second kappa shape index (κ2) is 20.5. The van der Waals surface area contributed by atoms with E-state index in [1.165, 1.54) is 64.2 Å². The first-order valence-corrected chi connectivity index (χ1v) is 22.2. The zero-order valence-corrected chi connectivity index (χ0v) is 28.7. The van der Waals surface area contributed by atoms with Gasteiger partial charge < -0.3 is 23.4 Å². The molecule has 0 bridgehead atoms. The lowest BCUT2D eigenvalue weighted by molar-refractivity contribution is -0.153. The van der Waals surface area contributed by atoms with Crippen LogP contribution in [0.2, 0.25) is 39.3 Å². The van der Waals surface area contributed by atoms with Crippen LogP contribution in [0.15, 0.2) is 11.5 Å². The topological polar surface area (TPSA) is 91.3 Å². The molecule has 0 fully saturated rings. The standard InChI is InChI=1S/C21H40O7Si2.C9H20/c1-8-9-10-11-12-13-14-17(22)25-15-16(27-29(2,3)4)19-20(28-30(5,6)7)18(23)21(24)26-19;1-3-5-7-9-8-6-4-2/h16,19,23H,8-15H2,1-7H3;3-9H2,1-2H3. The van der Waals surface area contributed by atoms with Gasteiger partial charge in [0.05, 0.1) is 0 Å². The van der Waals surface area contributed by atoms with Gasteiger partial charge in [-0.1, -0.05) is 97.8 Å². The zero-order chi connectivity index (χ0) is 29.9. The third-order valence-corrected chi connectivity index (χ3v) is 7.87. The summed E-state index contributed by atoms with van der Waals surface area (Å²) in [6, 6.07) is 0. The van der Waals surface area contributed by atoms with Gasteiger partial charge in [0.2, 0.25) is 14.1 Å². The number of carbonyl (C=O) groups excluding carboxylic acids is 2. The molecule has 2 atom stereocenters. The SMILES string of the molecule is CCCCCCCCC.CCCCCCCCC(=O)OCC(O[Si](C)(C)C)C1OC(=O)C(O)=C1O[Si](C)(C)C. The normalized spacial score (nSPS) is 16.4. The van der Waals surface area contributed by atoms with E-state index >= 15 is 0 Å². The summed E-state index contributed by atoms with van der Waals surface area (Å²) in [6.45, 7) is 18.5. The van der Waals surface area contributed by atoms with Gasteiger partial charge >= 0.3 is 11.9 Å². The predicted octanol–water partition coefficient (Wildman–Crippen LogP) is 8.80. The molecule has 7 nitrogen and oxygen atoms in total. The molecule has 0 saturated heterocycles. The van der Waals surface area contributed by atoms with Crippen molar-refractivity contribution in [2.45, 2.75) is 162 Å². The average Bonchev–Trinajstić information content (AvgIpc) is 3.10. The quantitative estimate of drug-likeness (QED) is 0.0863. The largest absolute Gasteiger partial charge is 0.542 e. The molecule has 0 aliphatic carbocycles. The van der Waals surface area contributed by atoms with E-state index in [0.29, 0.717) is 6.42 Å². The fourth-order valence-corrected chi connectivity index (χ4v) is 6.08. The van der Waals surface area contributed by atoms with E-state index < -0.39 is 40.6 Å². The van der Waals surface area contributed by atoms with Gasteiger partial charge in [0, 0.05) is 6.42 Å². The van der Waals surface area contributed by atoms with E-state index in [1.807, 2.05) is 39.3 Å². The minimum absolute atomic E-state index is 0.0529. The van der Waals surface area contributed by atoms with Crippen LogP contribution in [0.1, 0.15) is 111 Å². The highest BCUT2D eigenvalue weighted by molar-refractivity contribution is 6.70. The van der Waals surface area contributed by atoms with Gasteiger partial charge in [-0.3, -0.25) is 4.79 Å². The van der Waals surface area contributed by atoms with Crippen LogP contribution in [0.4, 0.5) is 0 Å². The van der Waals surface area contributed by atoms with E-state index in [0.717, 1.165) is 19.3 Å². The molecule has 0 spiro atoms. The van der Waals surface area contributed by atoms with Crippen molar-refractivity contribution in [1.29, 1.82) is 0 Å². The van der Waals surface area contributed by atoms with E-state index in [-0.39, 0.29) is 18.3 Å². The van der Waals surface area contributed by atoms with Crippen molar-refractivity contribution in [2.24, 2.45) is 0 Å². The Bertz CT molecular complexity index is 705. The Balaban J connectivity index is 0.00000137. The van der Waals surface area contributed by atoms with Gasteiger partial charge in [0.25, 0.3) is 0 Å². The third kappa shape index (κ3) is 19.4. The number of unbranched alkanes of at least 4 members (excludes halogenated alkanes) is 11. The first kappa shape index (κ1) is 37.7. The van der Waals surface area contributed by atoms with Crippen LogP contribution in [0.5, 0.6) is 0 Å². The zero-order valence-electron chi connectivity index (χ0n) is 26.7. The highest BCUT2D eigenvalue weighted by atomic mass is 28.4. The van der Waals surface area contributed by atoms with Gasteiger partial charge in [-0.25, -0.2) is 4.79 Å². The van der Waals surface area contributed by atoms with Crippen LogP contribution in [-0.2, 0) is 27.9 Å². The summed E-state index contributed by atoms with van der Waals surface area (Å²) in [5, 5.41) is 10.2. The van der Waals surface area contributed by atoms with Crippen LogP contribution < -0.4 is 0 Å². The van der Waals surface area contributed by atoms with E-state index in [2.05, 4.69) is 20.8 Å². The summed E-state index contributed by atoms with van der Waals surface area (Å²) in [7, 11) is -4.19. The smallest absolute Gasteiger partial charge is 0.377 e. The van der Waals surface area contributed by atoms with Crippen LogP contribution in [0, 0.1) is 0 Å². The van der Waals surface area contributed by atoms with Gasteiger partial charge in [0.1, 0.15) is 12.7 Å². The average molecular weight is 589 g/mol. The van der Waals surface area contributed by atoms with E-state index in [4.69, 9.17) is 18.3 Å². The Morgan fingerprint density at radius 1 is 0.795 bits per heavy atom. The number of aliphatic hydroxyl groups excluding tert-OH is 1. The Morgan fingerprint density at radius 2 is 1.26 bits per heavy atom. The van der Waals surface area contributed by atoms with Crippen molar-refractivity contribution in [2.75, 3.05) is 6.61 Å². The summed E-state index contributed by atoms with van der Waals surface area (Å²) in [4.78, 5) is 24.2. The molecule has 1 aliphatic rings. The number of hydrogen-bond donors (Lipinski definition) is 1. The molecular weight excluding hydrogens is 528 g/mol. The molecule has 0 aromatic heterocycles. The van der Waals surface area contributed by atoms with Crippen LogP contribution >= 0.6 is 0 Å². The van der Waals surface area contributed by atoms with Crippen LogP contribution in [-0.4, -0.2) is 52.5 Å². The second-order valence-corrected chi connectivity index (χ2v) is 21.4. The van der Waals surface area contributed by atoms with E-state index in [9.17, 15) is 14.7 Å². The summed E-state index contributed by atoms with van der Waals surface area (Å²) in [5.41, 5.74) is 0. The molecule has 0 aromatic rings. The highest BCUT2D eigenvalue weighted by Crippen LogP contribution is 2.30. The molecule has 0 radical (unpaired) electrons. The summed E-state index contributed by atoms with van der Waals surface area (Å²) < 4.78 is 22.9. The number of ether oxygens (including phenoxy) is 2. The Hall–Kier alpha value is -1.33. The third-order valence-electron chi connectivity index (χ3n) is 6.03. The van der Waals surface area contributed by atoms with Gasteiger partial charge in [-0.15, -0.1) is 0 Å². The number of cyclic esters (lactones) is 1. The van der Waals surface area contributed by atoms with Gasteiger partial charge in [-0.2, -0.15) is 0 Å². The minimum Gasteiger partial charge on any atom is -0.542 e. The van der Waals surface area contributed by atoms with E-state index in [1.54, 1.807) is 0 Å². The highest BCUT2D eigenvalue weighted by Gasteiger charge is 2.45. The summed E-state index contributed by atoms with van der Waals surface area (Å²) in [6.07, 6.45) is 15.2. The molecule has 9 heteroatoms. The molecule has 1 aliphatic heterocycles. The van der Waals surface area contributed by atoms with Crippen LogP contribution in [0.3, 0.4) is 0 Å². The first-order chi connectivity index (χ1) is 18.3. The van der Waals surface area contributed by atoms with Crippen molar-refractivity contribution in [1.82, 2.24) is 0 Å². The summed E-state index contributed by atoms with van der Waals surface area (Å²) in [5.74, 6) is -1.56. The van der Waals surface area contributed by atoms with Crippen molar-refractivity contribution in [3.8, 4) is 0 Å². The number of aliphatic hydroxyl groups is 1. The van der Waals surface area contributed by atoms with Gasteiger partial charge in [-0.05, 0) is 45.7 Å². The second-order valence-electron chi connectivity index (χ2n) is 12.5. The number of esters is 2. The molecule has 1 rings (SSSR count). The maximum Gasteiger partial charge on any atom is 0.377 e. The van der Waals surface area contributed by atoms with Crippen molar-refractivity contribution < 1.29 is 33.0 Å². The van der Waals surface area contributed by atoms with Crippen molar-refractivity contribution in [3.05, 3.63) is 11.5 Å². The van der Waals surface area contributed by atoms with Crippen molar-refractivity contribution in [3.63, 3.8) is 0 Å². The predicted molar refractivity (Wildman–Crippen MR) is 165 cm³/mol. The molecule has 0 amide bonds. The lowest BCUT2D eigenvalue weighted by Crippen LogP contribution is -2.44. The molecular formula is C30H60O7Si2. The monoisotopic (exact) mass is 588 g/mol. The van der Waals surface area contributed by atoms with Gasteiger partial charge in [0.15, 0.2) is 20.2 Å². The number of hydrogen-bond acceptors (Lipinski definition) is 7. The molecule has 0 aromatic carbocycles. The number of carbonyl (C=O) groups is 2. The summed E-state index contributed by atoms with van der Waals surface area (Å²) >= 11 is 0. The molecule has 0 saturated carbocycles. The minimum atomic E-state index is -2.12. The lowest BCUT2D eigenvalue weighted by atomic mass is 10.1. The fourth-order valence-electron chi connectivity index (χ4n) is 4.11. The molecule has 1 heterocycles. The maximum atomic E-state index is 12.2. The Kier molecular flexibility index (Phi) is 19.8. The first-order valence-electron chi connectivity index (χ1n) is 15.4. The molecule has 2 unspecified atom stereocenters.